The number of benzene rings is 2. The standard InChI is InChI=1S/C21H27N3O2S/c25-27(26)13-11-24(12-14-27)20-8-4-7-18(15-20)23-19-9-10-22-21(16-19)17-5-2-1-3-6-17/h1-8,15,19,21-23H,9-14,16H2. The quantitative estimate of drug-likeness (QED) is 0.847. The summed E-state index contributed by atoms with van der Waals surface area (Å²) in [6, 6.07) is 19.8. The fraction of sp³-hybridized carbons (Fsp3) is 0.429. The fourth-order valence-electron chi connectivity index (χ4n) is 3.99. The smallest absolute Gasteiger partial charge is 0.153 e. The van der Waals surface area contributed by atoms with E-state index >= 15 is 0 Å². The molecule has 5 nitrogen and oxygen atoms in total. The average Bonchev–Trinajstić information content (AvgIpc) is 2.69. The van der Waals surface area contributed by atoms with Crippen molar-refractivity contribution in [1.29, 1.82) is 0 Å². The average molecular weight is 386 g/mol. The van der Waals surface area contributed by atoms with Crippen molar-refractivity contribution in [2.24, 2.45) is 0 Å². The zero-order chi connectivity index (χ0) is 18.7. The molecule has 2 N–H and O–H groups in total. The summed E-state index contributed by atoms with van der Waals surface area (Å²) >= 11 is 0. The van der Waals surface area contributed by atoms with Gasteiger partial charge in [-0.25, -0.2) is 8.42 Å². The van der Waals surface area contributed by atoms with Gasteiger partial charge in [0.2, 0.25) is 0 Å². The fourth-order valence-corrected chi connectivity index (χ4v) is 5.19. The van der Waals surface area contributed by atoms with Gasteiger partial charge in [0.1, 0.15) is 0 Å². The lowest BCUT2D eigenvalue weighted by Gasteiger charge is -2.32. The highest BCUT2D eigenvalue weighted by Crippen LogP contribution is 2.27. The number of hydrogen-bond acceptors (Lipinski definition) is 5. The monoisotopic (exact) mass is 385 g/mol. The highest BCUT2D eigenvalue weighted by Gasteiger charge is 2.24. The van der Waals surface area contributed by atoms with Gasteiger partial charge in [0.25, 0.3) is 0 Å². The first-order valence-electron chi connectivity index (χ1n) is 9.69. The molecule has 4 rings (SSSR count). The molecule has 0 spiro atoms. The molecule has 0 radical (unpaired) electrons. The first kappa shape index (κ1) is 18.3. The Hall–Kier alpha value is -2.05. The van der Waals surface area contributed by atoms with E-state index in [1.807, 2.05) is 0 Å². The number of sulfone groups is 1. The molecule has 2 aliphatic heterocycles. The minimum absolute atomic E-state index is 0.248. The van der Waals surface area contributed by atoms with Crippen LogP contribution in [0.1, 0.15) is 24.4 Å². The lowest BCUT2D eigenvalue weighted by molar-refractivity contribution is 0.384. The first-order valence-corrected chi connectivity index (χ1v) is 11.5. The van der Waals surface area contributed by atoms with Crippen LogP contribution >= 0.6 is 0 Å². The molecule has 0 bridgehead atoms. The van der Waals surface area contributed by atoms with Crippen LogP contribution < -0.4 is 15.5 Å². The zero-order valence-corrected chi connectivity index (χ0v) is 16.3. The number of piperidine rings is 1. The van der Waals surface area contributed by atoms with Crippen LogP contribution in [0.2, 0.25) is 0 Å². The SMILES string of the molecule is O=S1(=O)CCN(c2cccc(NC3CCNC(c4ccccc4)C3)c2)CC1. The van der Waals surface area contributed by atoms with Crippen molar-refractivity contribution in [1.82, 2.24) is 5.32 Å². The van der Waals surface area contributed by atoms with E-state index in [9.17, 15) is 8.42 Å². The largest absolute Gasteiger partial charge is 0.382 e. The van der Waals surface area contributed by atoms with Crippen molar-refractivity contribution in [3.63, 3.8) is 0 Å². The molecule has 0 aliphatic carbocycles. The predicted octanol–water partition coefficient (Wildman–Crippen LogP) is 2.83. The lowest BCUT2D eigenvalue weighted by atomic mass is 9.93. The predicted molar refractivity (Wildman–Crippen MR) is 111 cm³/mol. The van der Waals surface area contributed by atoms with Gasteiger partial charge in [0, 0.05) is 36.5 Å². The molecular formula is C21H27N3O2S. The Kier molecular flexibility index (Phi) is 5.36. The molecule has 2 aromatic rings. The molecule has 2 heterocycles. The van der Waals surface area contributed by atoms with Crippen LogP contribution in [0.15, 0.2) is 54.6 Å². The first-order chi connectivity index (χ1) is 13.1. The molecule has 2 unspecified atom stereocenters. The van der Waals surface area contributed by atoms with E-state index < -0.39 is 9.84 Å². The Bertz CT molecular complexity index is 856. The molecule has 2 saturated heterocycles. The minimum atomic E-state index is -2.85. The van der Waals surface area contributed by atoms with Gasteiger partial charge in [-0.15, -0.1) is 0 Å². The Labute approximate surface area is 161 Å². The summed E-state index contributed by atoms with van der Waals surface area (Å²) in [6.07, 6.45) is 2.14. The highest BCUT2D eigenvalue weighted by molar-refractivity contribution is 7.91. The third-order valence-electron chi connectivity index (χ3n) is 5.53. The molecule has 2 aromatic carbocycles. The third kappa shape index (κ3) is 4.62. The molecule has 0 amide bonds. The van der Waals surface area contributed by atoms with Crippen LogP contribution in [0.3, 0.4) is 0 Å². The van der Waals surface area contributed by atoms with Crippen LogP contribution in [0.4, 0.5) is 11.4 Å². The molecule has 0 saturated carbocycles. The van der Waals surface area contributed by atoms with Crippen molar-refractivity contribution in [3.05, 3.63) is 60.2 Å². The van der Waals surface area contributed by atoms with Crippen LogP contribution in [0.25, 0.3) is 0 Å². The number of rotatable bonds is 4. The lowest BCUT2D eigenvalue weighted by Crippen LogP contribution is -2.40. The van der Waals surface area contributed by atoms with Crippen LogP contribution in [-0.4, -0.2) is 45.6 Å². The van der Waals surface area contributed by atoms with Gasteiger partial charge in [-0.05, 0) is 43.1 Å². The second-order valence-electron chi connectivity index (χ2n) is 7.47. The number of anilines is 2. The van der Waals surface area contributed by atoms with Gasteiger partial charge in [0.05, 0.1) is 11.5 Å². The van der Waals surface area contributed by atoms with Gasteiger partial charge < -0.3 is 15.5 Å². The van der Waals surface area contributed by atoms with Crippen molar-refractivity contribution in [3.8, 4) is 0 Å². The second-order valence-corrected chi connectivity index (χ2v) is 9.78. The maximum Gasteiger partial charge on any atom is 0.153 e. The molecule has 2 fully saturated rings. The van der Waals surface area contributed by atoms with Gasteiger partial charge >= 0.3 is 0 Å². The van der Waals surface area contributed by atoms with Crippen molar-refractivity contribution < 1.29 is 8.42 Å². The number of hydrogen-bond donors (Lipinski definition) is 2. The Morgan fingerprint density at radius 2 is 1.78 bits per heavy atom. The summed E-state index contributed by atoms with van der Waals surface area (Å²) in [5.41, 5.74) is 3.55. The zero-order valence-electron chi connectivity index (χ0n) is 15.5. The van der Waals surface area contributed by atoms with E-state index in [1.54, 1.807) is 0 Å². The maximum atomic E-state index is 11.7. The van der Waals surface area contributed by atoms with E-state index in [1.165, 1.54) is 5.56 Å². The van der Waals surface area contributed by atoms with E-state index in [2.05, 4.69) is 70.1 Å². The van der Waals surface area contributed by atoms with Gasteiger partial charge in [-0.1, -0.05) is 36.4 Å². The van der Waals surface area contributed by atoms with Crippen molar-refractivity contribution >= 4 is 21.2 Å². The molecular weight excluding hydrogens is 358 g/mol. The molecule has 27 heavy (non-hydrogen) atoms. The van der Waals surface area contributed by atoms with Crippen molar-refractivity contribution in [2.45, 2.75) is 24.9 Å². The van der Waals surface area contributed by atoms with Gasteiger partial charge in [-0.2, -0.15) is 0 Å². The van der Waals surface area contributed by atoms with E-state index in [0.29, 0.717) is 25.2 Å². The summed E-state index contributed by atoms with van der Waals surface area (Å²) in [4.78, 5) is 2.17. The van der Waals surface area contributed by atoms with Crippen LogP contribution in [0.5, 0.6) is 0 Å². The Balaban J connectivity index is 1.41. The summed E-state index contributed by atoms with van der Waals surface area (Å²) in [5.74, 6) is 0.495. The molecule has 6 heteroatoms. The van der Waals surface area contributed by atoms with E-state index in [-0.39, 0.29) is 11.5 Å². The topological polar surface area (TPSA) is 61.4 Å². The maximum absolute atomic E-state index is 11.7. The summed E-state index contributed by atoms with van der Waals surface area (Å²) in [6.45, 7) is 2.16. The van der Waals surface area contributed by atoms with E-state index in [0.717, 1.165) is 30.8 Å². The normalized spacial score (nSPS) is 25.1. The van der Waals surface area contributed by atoms with Crippen LogP contribution in [-0.2, 0) is 9.84 Å². The second kappa shape index (κ2) is 7.90. The summed E-state index contributed by atoms with van der Waals surface area (Å²) in [7, 11) is -2.85. The Morgan fingerprint density at radius 1 is 1.00 bits per heavy atom. The molecule has 2 atom stereocenters. The summed E-state index contributed by atoms with van der Waals surface area (Å²) in [5, 5.41) is 7.31. The Morgan fingerprint density at radius 3 is 2.56 bits per heavy atom. The molecule has 2 aliphatic rings. The minimum Gasteiger partial charge on any atom is -0.382 e. The third-order valence-corrected chi connectivity index (χ3v) is 7.14. The van der Waals surface area contributed by atoms with Crippen LogP contribution in [0, 0.1) is 0 Å². The molecule has 144 valence electrons. The van der Waals surface area contributed by atoms with Gasteiger partial charge in [-0.3, -0.25) is 0 Å². The highest BCUT2D eigenvalue weighted by atomic mass is 32.2. The summed E-state index contributed by atoms with van der Waals surface area (Å²) < 4.78 is 23.3. The van der Waals surface area contributed by atoms with Gasteiger partial charge in [0.15, 0.2) is 9.84 Å². The number of nitrogens with zero attached hydrogens (tertiary/aromatic N) is 1. The van der Waals surface area contributed by atoms with E-state index in [4.69, 9.17) is 0 Å². The molecule has 0 aromatic heterocycles. The number of nitrogens with one attached hydrogen (secondary N) is 2. The van der Waals surface area contributed by atoms with Crippen molar-refractivity contribution in [2.75, 3.05) is 41.4 Å².